The minimum Gasteiger partial charge on any atom is -0.306 e. The predicted octanol–water partition coefficient (Wildman–Crippen LogP) is 8.17. The van der Waals surface area contributed by atoms with Gasteiger partial charge in [-0.05, 0) is 87.4 Å². The highest BCUT2D eigenvalue weighted by atomic mass is 15.3. The van der Waals surface area contributed by atoms with Gasteiger partial charge in [-0.2, -0.15) is 0 Å². The highest BCUT2D eigenvalue weighted by molar-refractivity contribution is 6.01. The van der Waals surface area contributed by atoms with E-state index in [0.29, 0.717) is 0 Å². The molecular formula is C28H26N2. The molecule has 0 fully saturated rings. The third-order valence-corrected chi connectivity index (χ3v) is 5.81. The number of rotatable bonds is 2. The van der Waals surface area contributed by atoms with Crippen LogP contribution in [0.4, 0.5) is 34.1 Å². The maximum Gasteiger partial charge on any atom is 0.0705 e. The maximum atomic E-state index is 2.39. The van der Waals surface area contributed by atoms with Gasteiger partial charge in [0.15, 0.2) is 0 Å². The molecule has 0 radical (unpaired) electrons. The molecule has 0 unspecified atom stereocenters. The fourth-order valence-electron chi connectivity index (χ4n) is 4.21. The van der Waals surface area contributed by atoms with Gasteiger partial charge < -0.3 is 9.80 Å². The first-order valence-electron chi connectivity index (χ1n) is 10.5. The SMILES string of the molecule is Cc1ccc(N2c3ccc(C)cc3N(c3ccc(C)cc3)c3ccc(C)cc32)cc1. The second-order valence-corrected chi connectivity index (χ2v) is 8.33. The van der Waals surface area contributed by atoms with Crippen molar-refractivity contribution in [2.75, 3.05) is 9.80 Å². The van der Waals surface area contributed by atoms with Gasteiger partial charge in [0.05, 0.1) is 22.7 Å². The van der Waals surface area contributed by atoms with E-state index in [9.17, 15) is 0 Å². The molecule has 0 N–H and O–H groups in total. The lowest BCUT2D eigenvalue weighted by Gasteiger charge is -2.40. The van der Waals surface area contributed by atoms with Gasteiger partial charge in [0.2, 0.25) is 0 Å². The standard InChI is InChI=1S/C28H26N2/c1-19-5-11-23(12-6-19)29-25-15-9-22(4)18-28(25)30(24-13-7-20(2)8-14-24)26-16-10-21(3)17-27(26)29/h5-18H,1-4H3. The highest BCUT2D eigenvalue weighted by Gasteiger charge is 2.30. The summed E-state index contributed by atoms with van der Waals surface area (Å²) in [6, 6.07) is 31.1. The number of hydrogen-bond donors (Lipinski definition) is 0. The highest BCUT2D eigenvalue weighted by Crippen LogP contribution is 2.54. The number of nitrogens with zero attached hydrogens (tertiary/aromatic N) is 2. The lowest BCUT2D eigenvalue weighted by molar-refractivity contribution is 1.15. The van der Waals surface area contributed by atoms with Crippen molar-refractivity contribution in [3.63, 3.8) is 0 Å². The molecule has 148 valence electrons. The van der Waals surface area contributed by atoms with Crippen molar-refractivity contribution >= 4 is 34.1 Å². The molecule has 1 heterocycles. The number of fused-ring (bicyclic) bond motifs is 2. The zero-order valence-corrected chi connectivity index (χ0v) is 18.0. The summed E-state index contributed by atoms with van der Waals surface area (Å²) in [6.07, 6.45) is 0. The molecule has 1 aliphatic heterocycles. The quantitative estimate of drug-likeness (QED) is 0.300. The first kappa shape index (κ1) is 18.5. The fraction of sp³-hybridized carbons (Fsp3) is 0.143. The second kappa shape index (κ2) is 7.07. The van der Waals surface area contributed by atoms with E-state index < -0.39 is 0 Å². The minimum atomic E-state index is 1.18. The summed E-state index contributed by atoms with van der Waals surface area (Å²) in [5.41, 5.74) is 12.2. The minimum absolute atomic E-state index is 1.18. The Morgan fingerprint density at radius 2 is 0.700 bits per heavy atom. The van der Waals surface area contributed by atoms with Crippen LogP contribution in [0.1, 0.15) is 22.3 Å². The van der Waals surface area contributed by atoms with Gasteiger partial charge in [0.25, 0.3) is 0 Å². The van der Waals surface area contributed by atoms with Crippen LogP contribution in [-0.4, -0.2) is 0 Å². The first-order valence-corrected chi connectivity index (χ1v) is 10.5. The Kier molecular flexibility index (Phi) is 4.36. The first-order chi connectivity index (χ1) is 14.5. The van der Waals surface area contributed by atoms with E-state index in [1.54, 1.807) is 0 Å². The molecule has 1 aliphatic rings. The Hall–Kier alpha value is -3.52. The Balaban J connectivity index is 1.81. The maximum absolute atomic E-state index is 2.39. The van der Waals surface area contributed by atoms with Crippen LogP contribution in [0.25, 0.3) is 0 Å². The average Bonchev–Trinajstić information content (AvgIpc) is 2.74. The molecule has 0 atom stereocenters. The van der Waals surface area contributed by atoms with Crippen molar-refractivity contribution in [3.05, 3.63) is 107 Å². The molecule has 2 heteroatoms. The number of benzene rings is 4. The van der Waals surface area contributed by atoms with Crippen molar-refractivity contribution in [1.29, 1.82) is 0 Å². The molecule has 5 rings (SSSR count). The van der Waals surface area contributed by atoms with Crippen LogP contribution in [0, 0.1) is 27.7 Å². The van der Waals surface area contributed by atoms with Crippen molar-refractivity contribution in [2.45, 2.75) is 27.7 Å². The number of aryl methyl sites for hydroxylation is 4. The molecule has 2 nitrogen and oxygen atoms in total. The predicted molar refractivity (Wildman–Crippen MR) is 128 cm³/mol. The van der Waals surface area contributed by atoms with E-state index in [1.165, 1.54) is 56.4 Å². The molecule has 0 saturated heterocycles. The van der Waals surface area contributed by atoms with Crippen LogP contribution in [-0.2, 0) is 0 Å². The van der Waals surface area contributed by atoms with Gasteiger partial charge in [0.1, 0.15) is 0 Å². The van der Waals surface area contributed by atoms with E-state index in [2.05, 4.69) is 122 Å². The van der Waals surface area contributed by atoms with Crippen LogP contribution < -0.4 is 9.80 Å². The average molecular weight is 391 g/mol. The number of anilines is 6. The molecule has 0 aromatic heterocycles. The molecule has 4 aromatic carbocycles. The van der Waals surface area contributed by atoms with Crippen LogP contribution in [0.15, 0.2) is 84.9 Å². The van der Waals surface area contributed by atoms with E-state index in [-0.39, 0.29) is 0 Å². The molecule has 0 aliphatic carbocycles. The molecule has 0 spiro atoms. The van der Waals surface area contributed by atoms with Gasteiger partial charge in [-0.1, -0.05) is 47.5 Å². The third-order valence-electron chi connectivity index (χ3n) is 5.81. The normalized spacial score (nSPS) is 12.5. The van der Waals surface area contributed by atoms with E-state index >= 15 is 0 Å². The molecule has 4 aromatic rings. The van der Waals surface area contributed by atoms with E-state index in [4.69, 9.17) is 0 Å². The Morgan fingerprint density at radius 1 is 0.367 bits per heavy atom. The van der Waals surface area contributed by atoms with Gasteiger partial charge in [0, 0.05) is 11.4 Å². The Labute approximate surface area is 179 Å². The summed E-state index contributed by atoms with van der Waals surface area (Å²) >= 11 is 0. The molecule has 0 amide bonds. The molecule has 0 bridgehead atoms. The van der Waals surface area contributed by atoms with Crippen molar-refractivity contribution in [2.24, 2.45) is 0 Å². The van der Waals surface area contributed by atoms with Crippen LogP contribution in [0.5, 0.6) is 0 Å². The van der Waals surface area contributed by atoms with Crippen molar-refractivity contribution < 1.29 is 0 Å². The monoisotopic (exact) mass is 390 g/mol. The second-order valence-electron chi connectivity index (χ2n) is 8.33. The summed E-state index contributed by atoms with van der Waals surface area (Å²) in [5.74, 6) is 0. The largest absolute Gasteiger partial charge is 0.306 e. The van der Waals surface area contributed by atoms with Crippen molar-refractivity contribution in [3.8, 4) is 0 Å². The summed E-state index contributed by atoms with van der Waals surface area (Å²) in [7, 11) is 0. The summed E-state index contributed by atoms with van der Waals surface area (Å²) in [6.45, 7) is 8.59. The smallest absolute Gasteiger partial charge is 0.0705 e. The lowest BCUT2D eigenvalue weighted by atomic mass is 10.0. The lowest BCUT2D eigenvalue weighted by Crippen LogP contribution is -2.24. The molecular weight excluding hydrogens is 364 g/mol. The Bertz CT molecular complexity index is 1120. The van der Waals surface area contributed by atoms with Gasteiger partial charge in [-0.3, -0.25) is 0 Å². The van der Waals surface area contributed by atoms with Crippen molar-refractivity contribution in [1.82, 2.24) is 0 Å². The van der Waals surface area contributed by atoms with E-state index in [1.807, 2.05) is 0 Å². The fourth-order valence-corrected chi connectivity index (χ4v) is 4.21. The van der Waals surface area contributed by atoms with Crippen LogP contribution >= 0.6 is 0 Å². The summed E-state index contributed by atoms with van der Waals surface area (Å²) < 4.78 is 0. The van der Waals surface area contributed by atoms with Gasteiger partial charge in [-0.25, -0.2) is 0 Å². The van der Waals surface area contributed by atoms with Crippen LogP contribution in [0.2, 0.25) is 0 Å². The zero-order valence-electron chi connectivity index (χ0n) is 18.0. The third kappa shape index (κ3) is 3.05. The summed E-state index contributed by atoms with van der Waals surface area (Å²) in [4.78, 5) is 4.78. The number of hydrogen-bond acceptors (Lipinski definition) is 2. The Morgan fingerprint density at radius 3 is 1.07 bits per heavy atom. The molecule has 0 saturated carbocycles. The van der Waals surface area contributed by atoms with Gasteiger partial charge in [-0.15, -0.1) is 0 Å². The van der Waals surface area contributed by atoms with E-state index in [0.717, 1.165) is 0 Å². The summed E-state index contributed by atoms with van der Waals surface area (Å²) in [5, 5.41) is 0. The topological polar surface area (TPSA) is 6.48 Å². The van der Waals surface area contributed by atoms with Gasteiger partial charge >= 0.3 is 0 Å². The van der Waals surface area contributed by atoms with Crippen LogP contribution in [0.3, 0.4) is 0 Å². The zero-order chi connectivity index (χ0) is 20.8. The molecule has 30 heavy (non-hydrogen) atoms.